The van der Waals surface area contributed by atoms with E-state index in [1.54, 1.807) is 21.3 Å². The molecule has 0 aromatic rings. The van der Waals surface area contributed by atoms with Crippen molar-refractivity contribution < 1.29 is 18.4 Å². The van der Waals surface area contributed by atoms with Crippen LogP contribution in [0.1, 0.15) is 13.3 Å². The van der Waals surface area contributed by atoms with Gasteiger partial charge < -0.3 is 18.4 Å². The summed E-state index contributed by atoms with van der Waals surface area (Å²) in [4.78, 5) is 0. The third-order valence-electron chi connectivity index (χ3n) is 1.49. The Morgan fingerprint density at radius 3 is 1.62 bits per heavy atom. The standard InChI is InChI=1S/C6H16O3Si.CHNO/c1-5-6-10(7-2,8-3)9-4;2-1-3/h5-6H2,1-4H3;3H. The zero-order valence-corrected chi connectivity index (χ0v) is 9.53. The highest BCUT2D eigenvalue weighted by atomic mass is 28.4. The van der Waals surface area contributed by atoms with Crippen LogP contribution in [0.3, 0.4) is 0 Å². The van der Waals surface area contributed by atoms with E-state index in [1.165, 1.54) is 0 Å². The Morgan fingerprint density at radius 2 is 1.54 bits per heavy atom. The Balaban J connectivity index is 0. The molecule has 1 N–H and O–H groups in total. The van der Waals surface area contributed by atoms with Crippen LogP contribution >= 0.6 is 0 Å². The van der Waals surface area contributed by atoms with E-state index in [4.69, 9.17) is 23.6 Å². The van der Waals surface area contributed by atoms with Crippen LogP contribution in [0.2, 0.25) is 6.04 Å². The van der Waals surface area contributed by atoms with Gasteiger partial charge in [0.15, 0.2) is 0 Å². The molecule has 0 aliphatic carbocycles. The van der Waals surface area contributed by atoms with Crippen LogP contribution in [-0.4, -0.2) is 35.2 Å². The van der Waals surface area contributed by atoms with Gasteiger partial charge in [0.2, 0.25) is 0 Å². The monoisotopic (exact) mass is 207 g/mol. The first kappa shape index (κ1) is 14.9. The van der Waals surface area contributed by atoms with Gasteiger partial charge in [-0.05, 0) is 0 Å². The fourth-order valence-electron chi connectivity index (χ4n) is 0.862. The lowest BCUT2D eigenvalue weighted by atomic mass is 10.6. The van der Waals surface area contributed by atoms with E-state index in [0.29, 0.717) is 0 Å². The Morgan fingerprint density at radius 1 is 1.23 bits per heavy atom. The van der Waals surface area contributed by atoms with Crippen LogP contribution < -0.4 is 0 Å². The van der Waals surface area contributed by atoms with Crippen molar-refractivity contribution in [2.24, 2.45) is 0 Å². The average molecular weight is 207 g/mol. The molecule has 0 rings (SSSR count). The maximum atomic E-state index is 6.88. The first-order chi connectivity index (χ1) is 6.16. The van der Waals surface area contributed by atoms with E-state index < -0.39 is 8.80 Å². The molecular weight excluding hydrogens is 190 g/mol. The third kappa shape index (κ3) is 6.54. The molecule has 5 nitrogen and oxygen atoms in total. The zero-order valence-electron chi connectivity index (χ0n) is 8.53. The number of nitrogens with zero attached hydrogens (tertiary/aromatic N) is 1. The summed E-state index contributed by atoms with van der Waals surface area (Å²) in [5.74, 6) is 0. The SMILES string of the molecule is CCC[Si](OC)(OC)OC.N#CO. The van der Waals surface area contributed by atoms with Crippen molar-refractivity contribution in [2.45, 2.75) is 19.4 Å². The van der Waals surface area contributed by atoms with E-state index >= 15 is 0 Å². The van der Waals surface area contributed by atoms with Crippen molar-refractivity contribution in [1.82, 2.24) is 0 Å². The summed E-state index contributed by atoms with van der Waals surface area (Å²) in [7, 11) is 2.68. The van der Waals surface area contributed by atoms with Crippen molar-refractivity contribution in [1.29, 1.82) is 5.26 Å². The Bertz CT molecular complexity index is 136. The summed E-state index contributed by atoms with van der Waals surface area (Å²) in [6.45, 7) is 2.08. The largest absolute Gasteiger partial charge is 0.500 e. The summed E-state index contributed by atoms with van der Waals surface area (Å²) in [5, 5.41) is 13.8. The first-order valence-corrected chi connectivity index (χ1v) is 5.78. The van der Waals surface area contributed by atoms with Gasteiger partial charge in [-0.3, -0.25) is 0 Å². The molecule has 6 heteroatoms. The lowest BCUT2D eigenvalue weighted by molar-refractivity contribution is 0.123. The molecule has 0 heterocycles. The summed E-state index contributed by atoms with van der Waals surface area (Å²) < 4.78 is 15.5. The molecule has 78 valence electrons. The molecule has 0 fully saturated rings. The normalized spacial score (nSPS) is 9.77. The van der Waals surface area contributed by atoms with Gasteiger partial charge in [0.25, 0.3) is 6.26 Å². The molecule has 0 aromatic carbocycles. The van der Waals surface area contributed by atoms with Gasteiger partial charge in [-0.1, -0.05) is 13.3 Å². The highest BCUT2D eigenvalue weighted by Crippen LogP contribution is 2.13. The fraction of sp³-hybridized carbons (Fsp3) is 0.857. The van der Waals surface area contributed by atoms with Gasteiger partial charge in [0.1, 0.15) is 0 Å². The van der Waals surface area contributed by atoms with Gasteiger partial charge in [0, 0.05) is 27.4 Å². The maximum absolute atomic E-state index is 6.88. The fourth-order valence-corrected chi connectivity index (χ4v) is 2.59. The second-order valence-corrected chi connectivity index (χ2v) is 5.24. The van der Waals surface area contributed by atoms with Crippen molar-refractivity contribution in [2.75, 3.05) is 21.3 Å². The molecule has 0 aliphatic heterocycles. The van der Waals surface area contributed by atoms with E-state index in [0.717, 1.165) is 18.7 Å². The zero-order chi connectivity index (χ0) is 10.7. The molecule has 0 radical (unpaired) electrons. The minimum Gasteiger partial charge on any atom is -0.443 e. The van der Waals surface area contributed by atoms with E-state index in [2.05, 4.69) is 6.92 Å². The lowest BCUT2D eigenvalue weighted by Crippen LogP contribution is -2.42. The molecule has 0 atom stereocenters. The number of aliphatic hydroxyl groups is 1. The van der Waals surface area contributed by atoms with E-state index in [1.807, 2.05) is 0 Å². The van der Waals surface area contributed by atoms with Crippen LogP contribution in [-0.2, 0) is 13.3 Å². The predicted molar refractivity (Wildman–Crippen MR) is 49.4 cm³/mol. The molecule has 0 saturated heterocycles. The number of hydrogen-bond donors (Lipinski definition) is 1. The summed E-state index contributed by atoms with van der Waals surface area (Å²) >= 11 is 0. The second-order valence-electron chi connectivity index (χ2n) is 2.15. The van der Waals surface area contributed by atoms with E-state index in [-0.39, 0.29) is 0 Å². The molecule has 0 bridgehead atoms. The number of hydrogen-bond acceptors (Lipinski definition) is 5. The van der Waals surface area contributed by atoms with Gasteiger partial charge in [0.05, 0.1) is 0 Å². The summed E-state index contributed by atoms with van der Waals surface area (Å²) in [6.07, 6.45) is 1.78. The first-order valence-electron chi connectivity index (χ1n) is 3.84. The van der Waals surface area contributed by atoms with Gasteiger partial charge in [-0.2, -0.15) is 5.26 Å². The van der Waals surface area contributed by atoms with Crippen molar-refractivity contribution in [3.8, 4) is 6.26 Å². The molecule has 0 aromatic heterocycles. The molecule has 0 spiro atoms. The Hall–Kier alpha value is -0.613. The van der Waals surface area contributed by atoms with Crippen LogP contribution in [0.4, 0.5) is 0 Å². The minimum atomic E-state index is -2.22. The predicted octanol–water partition coefficient (Wildman–Crippen LogP) is 1.11. The molecule has 0 aliphatic rings. The van der Waals surface area contributed by atoms with Crippen LogP contribution in [0.15, 0.2) is 0 Å². The van der Waals surface area contributed by atoms with Crippen molar-refractivity contribution in [3.63, 3.8) is 0 Å². The van der Waals surface area contributed by atoms with Gasteiger partial charge in [-0.15, -0.1) is 0 Å². The summed E-state index contributed by atoms with van der Waals surface area (Å²) in [6, 6.07) is 0.885. The quantitative estimate of drug-likeness (QED) is 0.540. The topological polar surface area (TPSA) is 71.7 Å². The lowest BCUT2D eigenvalue weighted by Gasteiger charge is -2.23. The van der Waals surface area contributed by atoms with Gasteiger partial charge in [-0.25, -0.2) is 0 Å². The second kappa shape index (κ2) is 9.47. The van der Waals surface area contributed by atoms with Crippen LogP contribution in [0.5, 0.6) is 0 Å². The average Bonchev–Trinajstić information content (AvgIpc) is 2.16. The molecule has 0 saturated carbocycles. The molecule has 0 amide bonds. The van der Waals surface area contributed by atoms with Gasteiger partial charge >= 0.3 is 8.80 Å². The number of aliphatic hydroxyl groups excluding tert-OH is 1. The number of rotatable bonds is 5. The maximum Gasteiger partial charge on any atom is 0.500 e. The highest BCUT2D eigenvalue weighted by molar-refractivity contribution is 6.60. The highest BCUT2D eigenvalue weighted by Gasteiger charge is 2.36. The van der Waals surface area contributed by atoms with Crippen molar-refractivity contribution in [3.05, 3.63) is 0 Å². The molecule has 0 unspecified atom stereocenters. The Labute approximate surface area is 80.2 Å². The molecular formula is C7H17NO4Si. The van der Waals surface area contributed by atoms with Crippen molar-refractivity contribution >= 4 is 8.80 Å². The minimum absolute atomic E-state index is 0.750. The van der Waals surface area contributed by atoms with E-state index in [9.17, 15) is 0 Å². The smallest absolute Gasteiger partial charge is 0.443 e. The number of nitriles is 1. The third-order valence-corrected chi connectivity index (χ3v) is 4.47. The molecule has 13 heavy (non-hydrogen) atoms. The van der Waals surface area contributed by atoms with Crippen LogP contribution in [0, 0.1) is 11.5 Å². The summed E-state index contributed by atoms with van der Waals surface area (Å²) in [5.41, 5.74) is 0. The van der Waals surface area contributed by atoms with Crippen LogP contribution in [0.25, 0.3) is 0 Å². The Kier molecular flexibility index (Phi) is 10.8.